The summed E-state index contributed by atoms with van der Waals surface area (Å²) in [6.07, 6.45) is 0.805. The van der Waals surface area contributed by atoms with Gasteiger partial charge in [-0.25, -0.2) is 4.98 Å². The highest BCUT2D eigenvalue weighted by atomic mass is 79.9. The zero-order valence-corrected chi connectivity index (χ0v) is 14.2. The van der Waals surface area contributed by atoms with E-state index in [0.29, 0.717) is 0 Å². The molecule has 1 aromatic carbocycles. The van der Waals surface area contributed by atoms with E-state index in [0.717, 1.165) is 17.1 Å². The second-order valence-electron chi connectivity index (χ2n) is 5.03. The van der Waals surface area contributed by atoms with Crippen molar-refractivity contribution < 1.29 is 0 Å². The van der Waals surface area contributed by atoms with Gasteiger partial charge in [-0.05, 0) is 44.4 Å². The summed E-state index contributed by atoms with van der Waals surface area (Å²) >= 11 is 5.34. The van der Waals surface area contributed by atoms with Gasteiger partial charge in [0.05, 0.1) is 10.7 Å². The van der Waals surface area contributed by atoms with E-state index < -0.39 is 0 Å². The molecule has 102 valence electrons. The first-order valence-electron chi connectivity index (χ1n) is 6.33. The van der Waals surface area contributed by atoms with Gasteiger partial charge in [0.15, 0.2) is 0 Å². The maximum absolute atomic E-state index is 6.33. The van der Waals surface area contributed by atoms with E-state index in [1.807, 2.05) is 0 Å². The van der Waals surface area contributed by atoms with Crippen molar-refractivity contribution in [1.29, 1.82) is 0 Å². The van der Waals surface area contributed by atoms with Crippen LogP contribution in [-0.2, 0) is 6.42 Å². The summed E-state index contributed by atoms with van der Waals surface area (Å²) in [5.41, 5.74) is 11.1. The van der Waals surface area contributed by atoms with Crippen LogP contribution in [0.15, 0.2) is 16.6 Å². The molecule has 0 aliphatic rings. The quantitative estimate of drug-likeness (QED) is 0.901. The van der Waals surface area contributed by atoms with Gasteiger partial charge in [-0.2, -0.15) is 0 Å². The van der Waals surface area contributed by atoms with Crippen LogP contribution in [-0.4, -0.2) is 4.98 Å². The number of aryl methyl sites for hydroxylation is 4. The molecule has 0 bridgehead atoms. The number of nitrogens with two attached hydrogens (primary N) is 1. The van der Waals surface area contributed by atoms with Crippen molar-refractivity contribution >= 4 is 27.3 Å². The summed E-state index contributed by atoms with van der Waals surface area (Å²) < 4.78 is 1.17. The number of hydrogen-bond donors (Lipinski definition) is 1. The van der Waals surface area contributed by atoms with Gasteiger partial charge in [0.1, 0.15) is 0 Å². The number of hydrogen-bond acceptors (Lipinski definition) is 3. The monoisotopic (exact) mass is 338 g/mol. The van der Waals surface area contributed by atoms with Crippen molar-refractivity contribution in [2.45, 2.75) is 40.2 Å². The second kappa shape index (κ2) is 5.73. The largest absolute Gasteiger partial charge is 0.324 e. The molecule has 0 saturated carbocycles. The van der Waals surface area contributed by atoms with Crippen molar-refractivity contribution in [3.8, 4) is 0 Å². The lowest BCUT2D eigenvalue weighted by molar-refractivity contribution is 0.715. The smallest absolute Gasteiger partial charge is 0.0949 e. The van der Waals surface area contributed by atoms with Crippen molar-refractivity contribution in [2.75, 3.05) is 0 Å². The van der Waals surface area contributed by atoms with Crippen LogP contribution in [0.1, 0.15) is 38.3 Å². The molecule has 0 spiro atoms. The van der Waals surface area contributed by atoms with Crippen molar-refractivity contribution in [3.05, 3.63) is 48.9 Å². The molecular formula is C15H19BrN2S. The summed E-state index contributed by atoms with van der Waals surface area (Å²) in [7, 11) is 0. The molecule has 0 aliphatic heterocycles. The van der Waals surface area contributed by atoms with E-state index in [9.17, 15) is 0 Å². The van der Waals surface area contributed by atoms with E-state index >= 15 is 0 Å². The lowest BCUT2D eigenvalue weighted by Crippen LogP contribution is -2.13. The fourth-order valence-electron chi connectivity index (χ4n) is 2.13. The highest BCUT2D eigenvalue weighted by Crippen LogP contribution is 2.27. The molecule has 2 N–H and O–H groups in total. The average molecular weight is 339 g/mol. The van der Waals surface area contributed by atoms with E-state index in [1.54, 1.807) is 11.3 Å². The Bertz CT molecular complexity index is 562. The summed E-state index contributed by atoms with van der Waals surface area (Å²) in [6.45, 7) is 8.36. The van der Waals surface area contributed by atoms with Crippen LogP contribution in [0.25, 0.3) is 0 Å². The summed E-state index contributed by atoms with van der Waals surface area (Å²) in [4.78, 5) is 5.85. The van der Waals surface area contributed by atoms with Crippen LogP contribution in [0, 0.1) is 27.7 Å². The Balaban J connectivity index is 2.22. The van der Waals surface area contributed by atoms with E-state index in [1.165, 1.54) is 26.0 Å². The molecule has 2 aromatic rings. The Kier molecular flexibility index (Phi) is 4.43. The minimum absolute atomic E-state index is 0.00968. The molecular weight excluding hydrogens is 320 g/mol. The fourth-order valence-corrected chi connectivity index (χ4v) is 3.35. The minimum atomic E-state index is 0.00968. The molecule has 0 radical (unpaired) electrons. The van der Waals surface area contributed by atoms with E-state index in [4.69, 9.17) is 5.73 Å². The first-order chi connectivity index (χ1) is 8.88. The van der Waals surface area contributed by atoms with Crippen molar-refractivity contribution in [2.24, 2.45) is 5.73 Å². The summed E-state index contributed by atoms with van der Waals surface area (Å²) in [5.74, 6) is 0. The Hall–Kier alpha value is -0.710. The zero-order chi connectivity index (χ0) is 14.2. The molecule has 0 amide bonds. The third kappa shape index (κ3) is 3.25. The molecule has 0 fully saturated rings. The molecule has 1 atom stereocenters. The number of halogens is 1. The molecule has 1 unspecified atom stereocenters. The third-order valence-electron chi connectivity index (χ3n) is 3.35. The molecule has 2 rings (SSSR count). The Morgan fingerprint density at radius 2 is 1.79 bits per heavy atom. The van der Waals surface area contributed by atoms with Crippen LogP contribution < -0.4 is 5.73 Å². The highest BCUT2D eigenvalue weighted by molar-refractivity contribution is 9.10. The average Bonchev–Trinajstić information content (AvgIpc) is 2.64. The first-order valence-corrected chi connectivity index (χ1v) is 7.94. The lowest BCUT2D eigenvalue weighted by Gasteiger charge is -2.14. The topological polar surface area (TPSA) is 38.9 Å². The summed E-state index contributed by atoms with van der Waals surface area (Å²) in [5, 5.41) is 1.13. The third-order valence-corrected chi connectivity index (χ3v) is 5.70. The molecule has 4 heteroatoms. The van der Waals surface area contributed by atoms with Crippen LogP contribution in [0.5, 0.6) is 0 Å². The van der Waals surface area contributed by atoms with Gasteiger partial charge in [-0.3, -0.25) is 0 Å². The van der Waals surface area contributed by atoms with Crippen LogP contribution in [0.3, 0.4) is 0 Å². The lowest BCUT2D eigenvalue weighted by atomic mass is 10.00. The van der Waals surface area contributed by atoms with Gasteiger partial charge in [0, 0.05) is 21.8 Å². The standard InChI is InChI=1S/C15H19BrN2S/c1-8-5-12(6-9(2)15(8)16)13(17)7-14-18-10(3)11(4)19-14/h5-6,13H,7,17H2,1-4H3. The SMILES string of the molecule is Cc1cc(C(N)Cc2nc(C)c(C)s2)cc(C)c1Br. The van der Waals surface area contributed by atoms with Gasteiger partial charge in [0.25, 0.3) is 0 Å². The van der Waals surface area contributed by atoms with Crippen molar-refractivity contribution in [3.63, 3.8) is 0 Å². The fraction of sp³-hybridized carbons (Fsp3) is 0.400. The normalized spacial score (nSPS) is 12.7. The molecule has 2 nitrogen and oxygen atoms in total. The Morgan fingerprint density at radius 3 is 2.26 bits per heavy atom. The predicted octanol–water partition coefficient (Wildman–Crippen LogP) is 4.38. The van der Waals surface area contributed by atoms with Crippen LogP contribution in [0.2, 0.25) is 0 Å². The molecule has 1 aromatic heterocycles. The Morgan fingerprint density at radius 1 is 1.21 bits per heavy atom. The van der Waals surface area contributed by atoms with Gasteiger partial charge >= 0.3 is 0 Å². The van der Waals surface area contributed by atoms with Gasteiger partial charge in [-0.1, -0.05) is 28.1 Å². The highest BCUT2D eigenvalue weighted by Gasteiger charge is 2.13. The molecule has 19 heavy (non-hydrogen) atoms. The maximum Gasteiger partial charge on any atom is 0.0949 e. The first kappa shape index (κ1) is 14.7. The minimum Gasteiger partial charge on any atom is -0.324 e. The number of aromatic nitrogens is 1. The number of benzene rings is 1. The van der Waals surface area contributed by atoms with Crippen LogP contribution in [0.4, 0.5) is 0 Å². The Labute approximate surface area is 127 Å². The van der Waals surface area contributed by atoms with Gasteiger partial charge < -0.3 is 5.73 Å². The van der Waals surface area contributed by atoms with Gasteiger partial charge in [-0.15, -0.1) is 11.3 Å². The maximum atomic E-state index is 6.33. The summed E-state index contributed by atoms with van der Waals surface area (Å²) in [6, 6.07) is 4.33. The molecule has 0 saturated heterocycles. The van der Waals surface area contributed by atoms with Gasteiger partial charge in [0.2, 0.25) is 0 Å². The number of rotatable bonds is 3. The number of nitrogens with zero attached hydrogens (tertiary/aromatic N) is 1. The van der Waals surface area contributed by atoms with Crippen molar-refractivity contribution in [1.82, 2.24) is 4.98 Å². The predicted molar refractivity (Wildman–Crippen MR) is 85.8 cm³/mol. The van der Waals surface area contributed by atoms with Crippen LogP contribution >= 0.6 is 27.3 Å². The second-order valence-corrected chi connectivity index (χ2v) is 7.11. The number of thiazole rings is 1. The van der Waals surface area contributed by atoms with E-state index in [2.05, 4.69) is 60.7 Å². The molecule has 1 heterocycles. The zero-order valence-electron chi connectivity index (χ0n) is 11.7. The van der Waals surface area contributed by atoms with E-state index in [-0.39, 0.29) is 6.04 Å². The molecule has 0 aliphatic carbocycles.